The van der Waals surface area contributed by atoms with E-state index in [9.17, 15) is 23.7 Å². The average Bonchev–Trinajstić information content (AvgIpc) is 2.70. The molecule has 1 saturated heterocycles. The number of nitrogens with zero attached hydrogens (tertiary/aromatic N) is 1. The molecule has 18 heavy (non-hydrogen) atoms. The van der Waals surface area contributed by atoms with Crippen LogP contribution in [-0.4, -0.2) is 23.4 Å². The Labute approximate surface area is 100 Å². The first-order valence-electron chi connectivity index (χ1n) is 5.14. The van der Waals surface area contributed by atoms with Crippen molar-refractivity contribution in [1.82, 2.24) is 5.32 Å². The summed E-state index contributed by atoms with van der Waals surface area (Å²) < 4.78 is 26.6. The Bertz CT molecular complexity index is 521. The summed E-state index contributed by atoms with van der Waals surface area (Å²) in [5.41, 5.74) is -1.09. The molecule has 0 radical (unpaired) electrons. The molecule has 1 unspecified atom stereocenters. The topological polar surface area (TPSA) is 84.3 Å². The van der Waals surface area contributed by atoms with E-state index in [1.165, 1.54) is 0 Å². The van der Waals surface area contributed by atoms with Gasteiger partial charge in [-0.25, -0.2) is 8.78 Å². The minimum atomic E-state index is -1.32. The molecule has 1 heterocycles. The molecule has 2 rings (SSSR count). The Morgan fingerprint density at radius 1 is 1.44 bits per heavy atom. The van der Waals surface area contributed by atoms with Gasteiger partial charge in [0.15, 0.2) is 17.3 Å². The molecule has 6 nitrogen and oxygen atoms in total. The molecule has 2 N–H and O–H groups in total. The van der Waals surface area contributed by atoms with Crippen LogP contribution in [0, 0.1) is 21.7 Å². The largest absolute Gasteiger partial charge is 0.372 e. The summed E-state index contributed by atoms with van der Waals surface area (Å²) in [6.07, 6.45) is 0.0626. The van der Waals surface area contributed by atoms with Crippen molar-refractivity contribution >= 4 is 17.3 Å². The maximum atomic E-state index is 13.5. The van der Waals surface area contributed by atoms with E-state index in [1.807, 2.05) is 0 Å². The van der Waals surface area contributed by atoms with Gasteiger partial charge in [0.25, 0.3) is 5.69 Å². The molecule has 1 aromatic carbocycles. The quantitative estimate of drug-likeness (QED) is 0.629. The molecule has 1 atom stereocenters. The van der Waals surface area contributed by atoms with Gasteiger partial charge in [-0.1, -0.05) is 0 Å². The zero-order valence-electron chi connectivity index (χ0n) is 9.07. The van der Waals surface area contributed by atoms with Crippen LogP contribution < -0.4 is 10.6 Å². The van der Waals surface area contributed by atoms with Crippen LogP contribution in [0.4, 0.5) is 20.2 Å². The van der Waals surface area contributed by atoms with E-state index in [-0.39, 0.29) is 18.9 Å². The summed E-state index contributed by atoms with van der Waals surface area (Å²) >= 11 is 0. The van der Waals surface area contributed by atoms with Crippen molar-refractivity contribution in [3.63, 3.8) is 0 Å². The van der Waals surface area contributed by atoms with Gasteiger partial charge in [-0.15, -0.1) is 0 Å². The summed E-state index contributed by atoms with van der Waals surface area (Å²) in [6.45, 7) is 0.214. The number of anilines is 1. The van der Waals surface area contributed by atoms with E-state index in [4.69, 9.17) is 0 Å². The highest BCUT2D eigenvalue weighted by molar-refractivity contribution is 5.80. The number of nitro benzene ring substituents is 1. The molecule has 0 aromatic heterocycles. The van der Waals surface area contributed by atoms with Crippen LogP contribution >= 0.6 is 0 Å². The number of carbonyl (C=O) groups excluding carboxylic acids is 1. The Hall–Kier alpha value is -2.25. The van der Waals surface area contributed by atoms with Crippen molar-refractivity contribution in [3.05, 3.63) is 33.9 Å². The first-order chi connectivity index (χ1) is 8.49. The third-order valence-corrected chi connectivity index (χ3v) is 2.60. The lowest BCUT2D eigenvalue weighted by atomic mass is 10.2. The molecular weight excluding hydrogens is 248 g/mol. The van der Waals surface area contributed by atoms with Gasteiger partial charge in [-0.2, -0.15) is 0 Å². The third-order valence-electron chi connectivity index (χ3n) is 2.60. The number of nitro groups is 1. The van der Waals surface area contributed by atoms with Crippen LogP contribution in [0.5, 0.6) is 0 Å². The first kappa shape index (κ1) is 12.2. The summed E-state index contributed by atoms with van der Waals surface area (Å²) in [5.74, 6) is -2.74. The number of benzene rings is 1. The van der Waals surface area contributed by atoms with Gasteiger partial charge in [0.2, 0.25) is 5.91 Å². The van der Waals surface area contributed by atoms with Crippen LogP contribution in [0.2, 0.25) is 0 Å². The standard InChI is InChI=1S/C10H9F2N3O3/c11-6-1-2-7(15(17)18)10(9(6)12)14-5-3-8(16)13-4-5/h1-2,5,14H,3-4H2,(H,13,16). The van der Waals surface area contributed by atoms with E-state index >= 15 is 0 Å². The molecule has 1 aliphatic heterocycles. The first-order valence-corrected chi connectivity index (χ1v) is 5.14. The van der Waals surface area contributed by atoms with Crippen molar-refractivity contribution in [2.75, 3.05) is 11.9 Å². The van der Waals surface area contributed by atoms with Gasteiger partial charge in [-0.3, -0.25) is 14.9 Å². The smallest absolute Gasteiger partial charge is 0.295 e. The minimum absolute atomic E-state index is 0.0626. The van der Waals surface area contributed by atoms with Crippen LogP contribution in [0.15, 0.2) is 12.1 Å². The van der Waals surface area contributed by atoms with Crippen molar-refractivity contribution in [1.29, 1.82) is 0 Å². The third kappa shape index (κ3) is 2.22. The highest BCUT2D eigenvalue weighted by Gasteiger charge is 2.27. The molecule has 1 aliphatic rings. The van der Waals surface area contributed by atoms with Crippen LogP contribution in [-0.2, 0) is 4.79 Å². The molecular formula is C10H9F2N3O3. The van der Waals surface area contributed by atoms with Crippen LogP contribution in [0.3, 0.4) is 0 Å². The molecule has 0 spiro atoms. The lowest BCUT2D eigenvalue weighted by Gasteiger charge is -2.13. The zero-order valence-corrected chi connectivity index (χ0v) is 9.07. The Balaban J connectivity index is 2.32. The number of halogens is 2. The lowest BCUT2D eigenvalue weighted by molar-refractivity contribution is -0.384. The molecule has 0 saturated carbocycles. The van der Waals surface area contributed by atoms with E-state index in [1.54, 1.807) is 0 Å². The van der Waals surface area contributed by atoms with Gasteiger partial charge in [-0.05, 0) is 6.07 Å². The van der Waals surface area contributed by atoms with Gasteiger partial charge in [0.1, 0.15) is 0 Å². The molecule has 1 aromatic rings. The fraction of sp³-hybridized carbons (Fsp3) is 0.300. The van der Waals surface area contributed by atoms with Crippen LogP contribution in [0.1, 0.15) is 6.42 Å². The number of hydrogen-bond donors (Lipinski definition) is 2. The van der Waals surface area contributed by atoms with Crippen molar-refractivity contribution in [2.45, 2.75) is 12.5 Å². The Kier molecular flexibility index (Phi) is 3.09. The number of amides is 1. The number of hydrogen-bond acceptors (Lipinski definition) is 4. The van der Waals surface area contributed by atoms with Gasteiger partial charge >= 0.3 is 0 Å². The van der Waals surface area contributed by atoms with E-state index in [2.05, 4.69) is 10.6 Å². The normalized spacial score (nSPS) is 18.6. The molecule has 0 bridgehead atoms. The summed E-state index contributed by atoms with van der Waals surface area (Å²) in [4.78, 5) is 20.9. The second-order valence-electron chi connectivity index (χ2n) is 3.86. The van der Waals surface area contributed by atoms with Gasteiger partial charge < -0.3 is 10.6 Å². The summed E-state index contributed by atoms with van der Waals surface area (Å²) in [5, 5.41) is 15.7. The monoisotopic (exact) mass is 257 g/mol. The lowest BCUT2D eigenvalue weighted by Crippen LogP contribution is -2.23. The fourth-order valence-corrected chi connectivity index (χ4v) is 1.74. The van der Waals surface area contributed by atoms with Gasteiger partial charge in [0, 0.05) is 19.0 Å². The molecule has 1 fully saturated rings. The zero-order chi connectivity index (χ0) is 13.3. The summed E-state index contributed by atoms with van der Waals surface area (Å²) in [6, 6.07) is 1.08. The van der Waals surface area contributed by atoms with E-state index in [0.717, 1.165) is 6.07 Å². The average molecular weight is 257 g/mol. The predicted molar refractivity (Wildman–Crippen MR) is 58.0 cm³/mol. The molecule has 8 heteroatoms. The summed E-state index contributed by atoms with van der Waals surface area (Å²) in [7, 11) is 0. The molecule has 96 valence electrons. The van der Waals surface area contributed by atoms with Crippen molar-refractivity contribution < 1.29 is 18.5 Å². The van der Waals surface area contributed by atoms with Crippen LogP contribution in [0.25, 0.3) is 0 Å². The molecule has 1 amide bonds. The second kappa shape index (κ2) is 4.55. The highest BCUT2D eigenvalue weighted by atomic mass is 19.2. The van der Waals surface area contributed by atoms with E-state index in [0.29, 0.717) is 6.07 Å². The predicted octanol–water partition coefficient (Wildman–Crippen LogP) is 1.17. The Morgan fingerprint density at radius 2 is 2.17 bits per heavy atom. The highest BCUT2D eigenvalue weighted by Crippen LogP contribution is 2.30. The van der Waals surface area contributed by atoms with Crippen molar-refractivity contribution in [2.24, 2.45) is 0 Å². The Morgan fingerprint density at radius 3 is 2.72 bits per heavy atom. The maximum absolute atomic E-state index is 13.5. The van der Waals surface area contributed by atoms with E-state index < -0.39 is 34.0 Å². The van der Waals surface area contributed by atoms with Gasteiger partial charge in [0.05, 0.1) is 11.0 Å². The molecule has 0 aliphatic carbocycles. The fourth-order valence-electron chi connectivity index (χ4n) is 1.74. The SMILES string of the molecule is O=C1CC(Nc2c([N+](=O)[O-])ccc(F)c2F)CN1. The minimum Gasteiger partial charge on any atom is -0.372 e. The maximum Gasteiger partial charge on any atom is 0.295 e. The van der Waals surface area contributed by atoms with Crippen molar-refractivity contribution in [3.8, 4) is 0 Å². The second-order valence-corrected chi connectivity index (χ2v) is 3.86. The number of carbonyl (C=O) groups is 1. The number of rotatable bonds is 3. The number of nitrogens with one attached hydrogen (secondary N) is 2.